The van der Waals surface area contributed by atoms with E-state index >= 15 is 0 Å². The van der Waals surface area contributed by atoms with Crippen molar-refractivity contribution in [3.63, 3.8) is 0 Å². The molecule has 0 saturated carbocycles. The fourth-order valence-electron chi connectivity index (χ4n) is 2.25. The standard InChI is InChI=1S/C13H21N5O/c1-13(6-3-7-15-8-13)9-16-11-5-4-10(17-18-11)12(19)14-2/h4-5,15H,3,6-9H2,1-2H3,(H,14,19)(H,16,18). The number of piperidine rings is 1. The first-order valence-corrected chi connectivity index (χ1v) is 6.63. The molecule has 1 saturated heterocycles. The van der Waals surface area contributed by atoms with E-state index < -0.39 is 0 Å². The quantitative estimate of drug-likeness (QED) is 0.743. The summed E-state index contributed by atoms with van der Waals surface area (Å²) in [5, 5.41) is 17.1. The number of aromatic nitrogens is 2. The Hall–Kier alpha value is -1.69. The second-order valence-electron chi connectivity index (χ2n) is 5.33. The van der Waals surface area contributed by atoms with Crippen LogP contribution in [0.2, 0.25) is 0 Å². The molecule has 6 heteroatoms. The van der Waals surface area contributed by atoms with E-state index in [1.807, 2.05) is 0 Å². The summed E-state index contributed by atoms with van der Waals surface area (Å²) in [6.07, 6.45) is 2.41. The van der Waals surface area contributed by atoms with Crippen LogP contribution in [0.3, 0.4) is 0 Å². The Balaban J connectivity index is 1.91. The van der Waals surface area contributed by atoms with E-state index in [4.69, 9.17) is 0 Å². The largest absolute Gasteiger partial charge is 0.368 e. The SMILES string of the molecule is CNC(=O)c1ccc(NCC2(C)CCCNC2)nn1. The zero-order valence-corrected chi connectivity index (χ0v) is 11.5. The number of amides is 1. The first-order chi connectivity index (χ1) is 9.13. The van der Waals surface area contributed by atoms with Gasteiger partial charge in [0.1, 0.15) is 5.82 Å². The van der Waals surface area contributed by atoms with Gasteiger partial charge in [-0.25, -0.2) is 0 Å². The highest BCUT2D eigenvalue weighted by Gasteiger charge is 2.26. The van der Waals surface area contributed by atoms with E-state index in [-0.39, 0.29) is 11.3 Å². The fraction of sp³-hybridized carbons (Fsp3) is 0.615. The Labute approximate surface area is 113 Å². The minimum Gasteiger partial charge on any atom is -0.368 e. The smallest absolute Gasteiger partial charge is 0.271 e. The van der Waals surface area contributed by atoms with Crippen molar-refractivity contribution in [3.05, 3.63) is 17.8 Å². The van der Waals surface area contributed by atoms with Crippen molar-refractivity contribution in [3.8, 4) is 0 Å². The third kappa shape index (κ3) is 3.64. The molecule has 1 unspecified atom stereocenters. The van der Waals surface area contributed by atoms with Crippen LogP contribution in [0.5, 0.6) is 0 Å². The van der Waals surface area contributed by atoms with E-state index in [9.17, 15) is 4.79 Å². The number of hydrogen-bond donors (Lipinski definition) is 3. The van der Waals surface area contributed by atoms with Crippen LogP contribution in [-0.4, -0.2) is 42.8 Å². The Kier molecular flexibility index (Phi) is 4.31. The zero-order chi connectivity index (χ0) is 13.7. The van der Waals surface area contributed by atoms with Crippen molar-refractivity contribution in [1.82, 2.24) is 20.8 Å². The molecule has 0 bridgehead atoms. The van der Waals surface area contributed by atoms with Crippen LogP contribution in [0.25, 0.3) is 0 Å². The van der Waals surface area contributed by atoms with E-state index in [2.05, 4.69) is 33.1 Å². The average Bonchev–Trinajstić information content (AvgIpc) is 2.46. The van der Waals surface area contributed by atoms with E-state index in [0.29, 0.717) is 11.5 Å². The molecule has 1 aliphatic heterocycles. The van der Waals surface area contributed by atoms with Gasteiger partial charge >= 0.3 is 0 Å². The maximum atomic E-state index is 11.3. The summed E-state index contributed by atoms with van der Waals surface area (Å²) < 4.78 is 0. The van der Waals surface area contributed by atoms with E-state index in [1.165, 1.54) is 12.8 Å². The van der Waals surface area contributed by atoms with Gasteiger partial charge in [0, 0.05) is 20.1 Å². The number of nitrogens with zero attached hydrogens (tertiary/aromatic N) is 2. The lowest BCUT2D eigenvalue weighted by Crippen LogP contribution is -2.42. The molecule has 104 valence electrons. The lowest BCUT2D eigenvalue weighted by atomic mass is 9.83. The van der Waals surface area contributed by atoms with Crippen LogP contribution >= 0.6 is 0 Å². The van der Waals surface area contributed by atoms with E-state index in [1.54, 1.807) is 19.2 Å². The fourth-order valence-corrected chi connectivity index (χ4v) is 2.25. The Morgan fingerprint density at radius 2 is 2.32 bits per heavy atom. The second-order valence-corrected chi connectivity index (χ2v) is 5.33. The van der Waals surface area contributed by atoms with Crippen molar-refractivity contribution < 1.29 is 4.79 Å². The van der Waals surface area contributed by atoms with Gasteiger partial charge in [0.2, 0.25) is 0 Å². The number of nitrogens with one attached hydrogen (secondary N) is 3. The van der Waals surface area contributed by atoms with Crippen molar-refractivity contribution in [2.75, 3.05) is 32.0 Å². The third-order valence-corrected chi connectivity index (χ3v) is 3.51. The van der Waals surface area contributed by atoms with Gasteiger partial charge in [0.15, 0.2) is 5.69 Å². The van der Waals surface area contributed by atoms with Crippen molar-refractivity contribution in [2.45, 2.75) is 19.8 Å². The summed E-state index contributed by atoms with van der Waals surface area (Å²) in [6, 6.07) is 3.47. The molecule has 1 aliphatic rings. The molecule has 0 radical (unpaired) electrons. The Morgan fingerprint density at radius 1 is 1.47 bits per heavy atom. The van der Waals surface area contributed by atoms with Crippen LogP contribution in [-0.2, 0) is 0 Å². The maximum absolute atomic E-state index is 11.3. The summed E-state index contributed by atoms with van der Waals surface area (Å²) in [5.41, 5.74) is 0.581. The van der Waals surface area contributed by atoms with Crippen molar-refractivity contribution >= 4 is 11.7 Å². The minimum absolute atomic E-state index is 0.220. The van der Waals surface area contributed by atoms with Crippen molar-refractivity contribution in [2.24, 2.45) is 5.41 Å². The topological polar surface area (TPSA) is 78.9 Å². The number of anilines is 1. The normalized spacial score (nSPS) is 22.8. The molecule has 6 nitrogen and oxygen atoms in total. The molecule has 0 aliphatic carbocycles. The highest BCUT2D eigenvalue weighted by Crippen LogP contribution is 2.25. The van der Waals surface area contributed by atoms with Gasteiger partial charge in [0.05, 0.1) is 0 Å². The Morgan fingerprint density at radius 3 is 2.89 bits per heavy atom. The number of carbonyl (C=O) groups is 1. The molecule has 1 aromatic heterocycles. The molecule has 2 heterocycles. The van der Waals surface area contributed by atoms with Gasteiger partial charge in [-0.3, -0.25) is 4.79 Å². The number of hydrogen-bond acceptors (Lipinski definition) is 5. The second kappa shape index (κ2) is 5.97. The molecule has 3 N–H and O–H groups in total. The Bertz CT molecular complexity index is 425. The molecule has 0 spiro atoms. The highest BCUT2D eigenvalue weighted by molar-refractivity contribution is 5.91. The molecule has 1 atom stereocenters. The summed E-state index contributed by atoms with van der Waals surface area (Å²) in [4.78, 5) is 11.3. The van der Waals surface area contributed by atoms with E-state index in [0.717, 1.165) is 19.6 Å². The first kappa shape index (κ1) is 13.7. The van der Waals surface area contributed by atoms with Crippen molar-refractivity contribution in [1.29, 1.82) is 0 Å². The molecule has 19 heavy (non-hydrogen) atoms. The van der Waals surface area contributed by atoms with Gasteiger partial charge in [0.25, 0.3) is 5.91 Å². The third-order valence-electron chi connectivity index (χ3n) is 3.51. The first-order valence-electron chi connectivity index (χ1n) is 6.63. The summed E-state index contributed by atoms with van der Waals surface area (Å²) >= 11 is 0. The molecule has 2 rings (SSSR count). The predicted molar refractivity (Wildman–Crippen MR) is 74.1 cm³/mol. The predicted octanol–water partition coefficient (Wildman–Crippen LogP) is 0.638. The van der Waals surface area contributed by atoms with Crippen LogP contribution in [0.1, 0.15) is 30.3 Å². The molecule has 1 fully saturated rings. The van der Waals surface area contributed by atoms with Gasteiger partial charge < -0.3 is 16.0 Å². The number of rotatable bonds is 4. The van der Waals surface area contributed by atoms with Gasteiger partial charge in [-0.15, -0.1) is 10.2 Å². The summed E-state index contributed by atoms with van der Waals surface area (Å²) in [7, 11) is 1.58. The molecule has 0 aromatic carbocycles. The molecular formula is C13H21N5O. The summed E-state index contributed by atoms with van der Waals surface area (Å²) in [6.45, 7) is 5.24. The average molecular weight is 263 g/mol. The molecule has 1 aromatic rings. The van der Waals surface area contributed by atoms with Gasteiger partial charge in [-0.1, -0.05) is 6.92 Å². The zero-order valence-electron chi connectivity index (χ0n) is 11.5. The minimum atomic E-state index is -0.220. The van der Waals surface area contributed by atoms with Crippen LogP contribution in [0.4, 0.5) is 5.82 Å². The van der Waals surface area contributed by atoms with Gasteiger partial charge in [-0.2, -0.15) is 0 Å². The maximum Gasteiger partial charge on any atom is 0.271 e. The van der Waals surface area contributed by atoms with Gasteiger partial charge in [-0.05, 0) is 36.9 Å². The lowest BCUT2D eigenvalue weighted by molar-refractivity contribution is 0.0957. The van der Waals surface area contributed by atoms with Crippen LogP contribution < -0.4 is 16.0 Å². The highest BCUT2D eigenvalue weighted by atomic mass is 16.1. The summed E-state index contributed by atoms with van der Waals surface area (Å²) in [5.74, 6) is 0.488. The monoisotopic (exact) mass is 263 g/mol. The van der Waals surface area contributed by atoms with Crippen LogP contribution in [0, 0.1) is 5.41 Å². The number of carbonyl (C=O) groups excluding carboxylic acids is 1. The molecule has 1 amide bonds. The lowest BCUT2D eigenvalue weighted by Gasteiger charge is -2.34. The van der Waals surface area contributed by atoms with Crippen LogP contribution in [0.15, 0.2) is 12.1 Å². The molecular weight excluding hydrogens is 242 g/mol.